The number of amides is 1. The lowest BCUT2D eigenvalue weighted by Gasteiger charge is -2.31. The van der Waals surface area contributed by atoms with Crippen molar-refractivity contribution in [3.8, 4) is 11.5 Å². The third kappa shape index (κ3) is 3.73. The maximum Gasteiger partial charge on any atom is 0.240 e. The number of carbonyl (C=O) groups is 1. The lowest BCUT2D eigenvalue weighted by atomic mass is 9.82. The predicted octanol–water partition coefficient (Wildman–Crippen LogP) is 2.74. The van der Waals surface area contributed by atoms with Gasteiger partial charge in [0.2, 0.25) is 5.91 Å². The molecule has 0 spiro atoms. The summed E-state index contributed by atoms with van der Waals surface area (Å²) < 4.78 is 11.4. The van der Waals surface area contributed by atoms with Gasteiger partial charge in [0.25, 0.3) is 0 Å². The third-order valence-electron chi connectivity index (χ3n) is 4.14. The predicted molar refractivity (Wildman–Crippen MR) is 89.1 cm³/mol. The van der Waals surface area contributed by atoms with Gasteiger partial charge in [-0.25, -0.2) is 0 Å². The lowest BCUT2D eigenvalue weighted by molar-refractivity contribution is -0.127. The van der Waals surface area contributed by atoms with Gasteiger partial charge in [0.15, 0.2) is 11.5 Å². The van der Waals surface area contributed by atoms with Crippen molar-refractivity contribution < 1.29 is 14.3 Å². The number of benzene rings is 1. The molecule has 5 nitrogen and oxygen atoms in total. The number of nitrogens with two attached hydrogens (primary N) is 1. The minimum absolute atomic E-state index is 0.0712. The Morgan fingerprint density at radius 3 is 2.55 bits per heavy atom. The third-order valence-corrected chi connectivity index (χ3v) is 4.73. The molecule has 1 aliphatic carbocycles. The van der Waals surface area contributed by atoms with Crippen molar-refractivity contribution in [2.45, 2.75) is 44.2 Å². The second kappa shape index (κ2) is 7.33. The molecule has 0 atom stereocenters. The first kappa shape index (κ1) is 17.1. The fourth-order valence-electron chi connectivity index (χ4n) is 2.84. The standard InChI is InChI=1S/C16H23BrN2O3/c1-21-13-9-11(8-12(17)14(13)22-2)10-19-15(20)16(18)6-4-3-5-7-16/h8-9H,3-7,10,18H2,1-2H3,(H,19,20). The number of rotatable bonds is 5. The van der Waals surface area contributed by atoms with Crippen LogP contribution in [0.25, 0.3) is 0 Å². The van der Waals surface area contributed by atoms with Crippen molar-refractivity contribution in [3.63, 3.8) is 0 Å². The molecule has 0 heterocycles. The van der Waals surface area contributed by atoms with Gasteiger partial charge in [-0.3, -0.25) is 4.79 Å². The smallest absolute Gasteiger partial charge is 0.240 e. The molecule has 3 N–H and O–H groups in total. The first-order valence-electron chi connectivity index (χ1n) is 7.48. The summed E-state index contributed by atoms with van der Waals surface area (Å²) in [5, 5.41) is 2.94. The van der Waals surface area contributed by atoms with Crippen molar-refractivity contribution in [3.05, 3.63) is 22.2 Å². The molecule has 1 amide bonds. The van der Waals surface area contributed by atoms with E-state index in [1.54, 1.807) is 14.2 Å². The Hall–Kier alpha value is -1.27. The summed E-state index contributed by atoms with van der Waals surface area (Å²) in [6.07, 6.45) is 4.72. The van der Waals surface area contributed by atoms with Crippen LogP contribution < -0.4 is 20.5 Å². The summed E-state index contributed by atoms with van der Waals surface area (Å²) >= 11 is 3.45. The van der Waals surface area contributed by atoms with E-state index in [0.717, 1.165) is 42.1 Å². The molecule has 0 aromatic heterocycles. The van der Waals surface area contributed by atoms with E-state index in [-0.39, 0.29) is 5.91 Å². The molecule has 1 aliphatic rings. The Morgan fingerprint density at radius 2 is 1.95 bits per heavy atom. The van der Waals surface area contributed by atoms with E-state index in [0.29, 0.717) is 18.0 Å². The topological polar surface area (TPSA) is 73.6 Å². The van der Waals surface area contributed by atoms with Crippen LogP contribution in [-0.2, 0) is 11.3 Å². The zero-order valence-corrected chi connectivity index (χ0v) is 14.7. The SMILES string of the molecule is COc1cc(CNC(=O)C2(N)CCCCC2)cc(Br)c1OC. The Balaban J connectivity index is 2.05. The molecule has 0 aliphatic heterocycles. The van der Waals surface area contributed by atoms with E-state index in [1.165, 1.54) is 0 Å². The molecule has 0 radical (unpaired) electrons. The van der Waals surface area contributed by atoms with E-state index >= 15 is 0 Å². The molecular weight excluding hydrogens is 348 g/mol. The van der Waals surface area contributed by atoms with Crippen LogP contribution in [-0.4, -0.2) is 25.7 Å². The van der Waals surface area contributed by atoms with Crippen LogP contribution in [0, 0.1) is 0 Å². The normalized spacial score (nSPS) is 16.9. The number of ether oxygens (including phenoxy) is 2. The van der Waals surface area contributed by atoms with Crippen LogP contribution in [0.4, 0.5) is 0 Å². The Labute approximate surface area is 139 Å². The molecule has 22 heavy (non-hydrogen) atoms. The summed E-state index contributed by atoms with van der Waals surface area (Å²) in [4.78, 5) is 12.4. The number of hydrogen-bond acceptors (Lipinski definition) is 4. The van der Waals surface area contributed by atoms with Gasteiger partial charge in [-0.15, -0.1) is 0 Å². The highest BCUT2D eigenvalue weighted by Crippen LogP contribution is 2.36. The number of nitrogens with one attached hydrogen (secondary N) is 1. The maximum atomic E-state index is 12.4. The molecule has 6 heteroatoms. The second-order valence-corrected chi connectivity index (χ2v) is 6.57. The second-order valence-electron chi connectivity index (χ2n) is 5.71. The number of hydrogen-bond donors (Lipinski definition) is 2. The van der Waals surface area contributed by atoms with E-state index in [2.05, 4.69) is 21.2 Å². The summed E-state index contributed by atoms with van der Waals surface area (Å²) in [7, 11) is 3.18. The molecule has 1 saturated carbocycles. The summed E-state index contributed by atoms with van der Waals surface area (Å²) in [6.45, 7) is 0.413. The first-order valence-corrected chi connectivity index (χ1v) is 8.27. The fourth-order valence-corrected chi connectivity index (χ4v) is 3.49. The maximum absolute atomic E-state index is 12.4. The zero-order valence-electron chi connectivity index (χ0n) is 13.1. The molecule has 1 fully saturated rings. The molecular formula is C16H23BrN2O3. The number of carbonyl (C=O) groups excluding carboxylic acids is 1. The van der Waals surface area contributed by atoms with Crippen LogP contribution in [0.5, 0.6) is 11.5 Å². The summed E-state index contributed by atoms with van der Waals surface area (Å²) in [6, 6.07) is 3.76. The van der Waals surface area contributed by atoms with Gasteiger partial charge in [0, 0.05) is 6.54 Å². The number of halogens is 1. The monoisotopic (exact) mass is 370 g/mol. The highest BCUT2D eigenvalue weighted by molar-refractivity contribution is 9.10. The van der Waals surface area contributed by atoms with Gasteiger partial charge >= 0.3 is 0 Å². The Kier molecular flexibility index (Phi) is 5.69. The summed E-state index contributed by atoms with van der Waals surface area (Å²) in [5.74, 6) is 1.19. The van der Waals surface area contributed by atoms with Gasteiger partial charge in [-0.05, 0) is 46.5 Å². The van der Waals surface area contributed by atoms with Gasteiger partial charge < -0.3 is 20.5 Å². The molecule has 2 rings (SSSR count). The quantitative estimate of drug-likeness (QED) is 0.835. The van der Waals surface area contributed by atoms with Crippen LogP contribution in [0.3, 0.4) is 0 Å². The average Bonchev–Trinajstić information content (AvgIpc) is 2.52. The molecule has 0 saturated heterocycles. The van der Waals surface area contributed by atoms with E-state index in [9.17, 15) is 4.79 Å². The lowest BCUT2D eigenvalue weighted by Crippen LogP contribution is -2.54. The summed E-state index contributed by atoms with van der Waals surface area (Å²) in [5.41, 5.74) is 6.44. The largest absolute Gasteiger partial charge is 0.493 e. The van der Waals surface area contributed by atoms with Crippen molar-refractivity contribution in [1.29, 1.82) is 0 Å². The Morgan fingerprint density at radius 1 is 1.27 bits per heavy atom. The molecule has 1 aromatic carbocycles. The van der Waals surface area contributed by atoms with E-state index < -0.39 is 5.54 Å². The number of methoxy groups -OCH3 is 2. The van der Waals surface area contributed by atoms with Gasteiger partial charge in [0.1, 0.15) is 0 Å². The van der Waals surface area contributed by atoms with Crippen LogP contribution in [0.15, 0.2) is 16.6 Å². The Bertz CT molecular complexity index is 542. The first-order chi connectivity index (χ1) is 10.5. The van der Waals surface area contributed by atoms with E-state index in [4.69, 9.17) is 15.2 Å². The zero-order chi connectivity index (χ0) is 16.2. The average molecular weight is 371 g/mol. The molecule has 0 bridgehead atoms. The minimum Gasteiger partial charge on any atom is -0.493 e. The van der Waals surface area contributed by atoms with Crippen molar-refractivity contribution >= 4 is 21.8 Å². The van der Waals surface area contributed by atoms with Crippen LogP contribution in [0.1, 0.15) is 37.7 Å². The highest BCUT2D eigenvalue weighted by Gasteiger charge is 2.34. The van der Waals surface area contributed by atoms with E-state index in [1.807, 2.05) is 12.1 Å². The van der Waals surface area contributed by atoms with Gasteiger partial charge in [-0.1, -0.05) is 19.3 Å². The van der Waals surface area contributed by atoms with Crippen LogP contribution in [0.2, 0.25) is 0 Å². The minimum atomic E-state index is -0.716. The molecule has 122 valence electrons. The molecule has 0 unspecified atom stereocenters. The van der Waals surface area contributed by atoms with Gasteiger partial charge in [0.05, 0.1) is 24.2 Å². The van der Waals surface area contributed by atoms with Crippen molar-refractivity contribution in [2.75, 3.05) is 14.2 Å². The van der Waals surface area contributed by atoms with Gasteiger partial charge in [-0.2, -0.15) is 0 Å². The van der Waals surface area contributed by atoms with Crippen LogP contribution >= 0.6 is 15.9 Å². The highest BCUT2D eigenvalue weighted by atomic mass is 79.9. The molecule has 1 aromatic rings. The van der Waals surface area contributed by atoms with Crippen molar-refractivity contribution in [1.82, 2.24) is 5.32 Å². The fraction of sp³-hybridized carbons (Fsp3) is 0.562. The van der Waals surface area contributed by atoms with Crippen molar-refractivity contribution in [2.24, 2.45) is 5.73 Å².